The summed E-state index contributed by atoms with van der Waals surface area (Å²) in [6.45, 7) is 23.2. The van der Waals surface area contributed by atoms with Crippen LogP contribution in [0.25, 0.3) is 104 Å². The van der Waals surface area contributed by atoms with E-state index in [0.29, 0.717) is 42.9 Å². The number of benzene rings is 7. The number of allylic oxidation sites excluding steroid dienone is 2. The number of thiophene rings is 4. The maximum Gasteiger partial charge on any atom is 0.262 e. The van der Waals surface area contributed by atoms with Gasteiger partial charge in [0, 0.05) is 73.4 Å². The molecule has 0 atom stereocenters. The second-order valence-corrected chi connectivity index (χ2v) is 26.4. The SMILES string of the molecule is [C-]#[N+]/C(C#N)=C\c1ccc(-c2cc3sc4c(c3s2)C(c2ccc(C)cc2)(c2ccc(C)cc2)c2c(F)c3c(c(F)c2-4)C(c2ccc(C)cc2)(c2ccc(C)cc2)c2c-3sc3cc(-c4ccc(/C=C(\C#N)[N+]#[C-])c5nsnc45)sc23)c2nsnc12. The summed E-state index contributed by atoms with van der Waals surface area (Å²) in [5, 5.41) is 19.3. The molecular formula is C68H36F2N8S6. The molecule has 7 aromatic carbocycles. The van der Waals surface area contributed by atoms with Crippen LogP contribution in [0.3, 0.4) is 0 Å². The molecule has 0 amide bonds. The van der Waals surface area contributed by atoms with Crippen LogP contribution in [0.5, 0.6) is 0 Å². The van der Waals surface area contributed by atoms with E-state index in [4.69, 9.17) is 21.9 Å². The van der Waals surface area contributed by atoms with Crippen molar-refractivity contribution in [2.24, 2.45) is 0 Å². The van der Waals surface area contributed by atoms with Gasteiger partial charge < -0.3 is 0 Å². The van der Waals surface area contributed by atoms with Gasteiger partial charge in [-0.25, -0.2) is 29.0 Å². The Morgan fingerprint density at radius 2 is 0.798 bits per heavy atom. The third-order valence-corrected chi connectivity index (χ3v) is 22.5. The predicted octanol–water partition coefficient (Wildman–Crippen LogP) is 19.4. The van der Waals surface area contributed by atoms with E-state index >= 15 is 8.78 Å². The number of rotatable bonds is 8. The monoisotopic (exact) mass is 1190 g/mol. The van der Waals surface area contributed by atoms with Crippen molar-refractivity contribution in [1.82, 2.24) is 17.5 Å². The summed E-state index contributed by atoms with van der Waals surface area (Å²) in [5.41, 5.74) is 12.5. The summed E-state index contributed by atoms with van der Waals surface area (Å²) in [5.74, 6) is -0.949. The van der Waals surface area contributed by atoms with Crippen molar-refractivity contribution in [3.05, 3.63) is 257 Å². The number of fused-ring (bicyclic) bond motifs is 12. The molecule has 2 aliphatic rings. The number of aryl methyl sites for hydroxylation is 4. The lowest BCUT2D eigenvalue weighted by Crippen LogP contribution is -2.32. The highest BCUT2D eigenvalue weighted by Crippen LogP contribution is 2.70. The smallest absolute Gasteiger partial charge is 0.227 e. The van der Waals surface area contributed by atoms with E-state index in [-0.39, 0.29) is 33.6 Å². The van der Waals surface area contributed by atoms with E-state index in [1.54, 1.807) is 22.7 Å². The Kier molecular flexibility index (Phi) is 11.8. The molecule has 0 spiro atoms. The third kappa shape index (κ3) is 7.17. The number of nitriles is 2. The minimum atomic E-state index is -1.36. The summed E-state index contributed by atoms with van der Waals surface area (Å²) in [6.07, 6.45) is 3.07. The Balaban J connectivity index is 1.05. The maximum absolute atomic E-state index is 20.3. The summed E-state index contributed by atoms with van der Waals surface area (Å²) < 4.78 is 63.0. The quantitative estimate of drug-likeness (QED) is 0.111. The molecule has 6 heterocycles. The van der Waals surface area contributed by atoms with Crippen molar-refractivity contribution in [2.45, 2.75) is 38.5 Å². The summed E-state index contributed by atoms with van der Waals surface area (Å²) in [7, 11) is 0. The highest BCUT2D eigenvalue weighted by atomic mass is 32.1. The molecule has 0 radical (unpaired) electrons. The molecule has 398 valence electrons. The molecule has 0 aliphatic heterocycles. The molecule has 0 saturated carbocycles. The third-order valence-electron chi connectivity index (χ3n) is 16.5. The lowest BCUT2D eigenvalue weighted by atomic mass is 9.65. The van der Waals surface area contributed by atoms with Crippen LogP contribution in [0, 0.1) is 75.1 Å². The van der Waals surface area contributed by atoms with Gasteiger partial charge in [-0.15, -0.1) is 45.3 Å². The number of nitrogens with zero attached hydrogens (tertiary/aromatic N) is 8. The largest absolute Gasteiger partial charge is 0.262 e. The van der Waals surface area contributed by atoms with Gasteiger partial charge in [0.1, 0.15) is 33.7 Å². The first-order valence-electron chi connectivity index (χ1n) is 26.4. The molecule has 0 saturated heterocycles. The molecule has 0 unspecified atom stereocenters. The van der Waals surface area contributed by atoms with Gasteiger partial charge in [0.15, 0.2) is 0 Å². The molecule has 2 aliphatic carbocycles. The molecule has 6 aromatic heterocycles. The fraction of sp³-hybridized carbons (Fsp3) is 0.0882. The van der Waals surface area contributed by atoms with Crippen LogP contribution in [0.2, 0.25) is 0 Å². The molecule has 8 nitrogen and oxygen atoms in total. The second-order valence-electron chi connectivity index (χ2n) is 21.1. The zero-order chi connectivity index (χ0) is 57.5. The normalized spacial score (nSPS) is 13.9. The van der Waals surface area contributed by atoms with Gasteiger partial charge >= 0.3 is 0 Å². The summed E-state index contributed by atoms with van der Waals surface area (Å²) >= 11 is 8.22. The average Bonchev–Trinajstić information content (AvgIpc) is 1.54. The van der Waals surface area contributed by atoms with Crippen LogP contribution in [0.4, 0.5) is 8.78 Å². The van der Waals surface area contributed by atoms with Crippen molar-refractivity contribution in [3.8, 4) is 53.9 Å². The molecular weight excluding hydrogens is 1160 g/mol. The van der Waals surface area contributed by atoms with Crippen LogP contribution in [-0.2, 0) is 10.8 Å². The number of hydrogen-bond donors (Lipinski definition) is 0. The van der Waals surface area contributed by atoms with Crippen molar-refractivity contribution in [2.75, 3.05) is 0 Å². The first-order chi connectivity index (χ1) is 40.9. The van der Waals surface area contributed by atoms with Gasteiger partial charge in [0.05, 0.1) is 69.0 Å². The van der Waals surface area contributed by atoms with E-state index in [2.05, 4.69) is 128 Å². The molecule has 0 N–H and O–H groups in total. The summed E-state index contributed by atoms with van der Waals surface area (Å²) in [6, 6.07) is 48.9. The standard InChI is InChI=1S/C68H36F2N8S6/c1-33-7-17-39(18-8-33)67(40-19-9-34(2)10-20-40)53-51(65-55(67)63-49(81-65)29-47(79-63)45-25-15-37(27-43(31-71)73-5)59-61(45)77-83-75-59)58(70)54-52(57(53)69)66-56(68(54,41-21-11-35(3)12-22-41)42-23-13-36(4)14-24-42)64-50(82-66)30-48(80-64)46-26-16-38(28-44(32-72)74-6)60-62(46)78-84-76-60/h7-30H,1-4H3/b43-27-,44-28+. The fourth-order valence-corrected chi connectivity index (χ4v) is 19.5. The fourth-order valence-electron chi connectivity index (χ4n) is 12.7. The Morgan fingerprint density at radius 3 is 1.12 bits per heavy atom. The second kappa shape index (κ2) is 19.2. The van der Waals surface area contributed by atoms with Crippen LogP contribution in [-0.4, -0.2) is 17.5 Å². The van der Waals surface area contributed by atoms with E-state index in [1.165, 1.54) is 34.8 Å². The van der Waals surface area contributed by atoms with Crippen LogP contribution >= 0.6 is 68.8 Å². The van der Waals surface area contributed by atoms with Gasteiger partial charge in [-0.05, 0) is 85.4 Å². The zero-order valence-corrected chi connectivity index (χ0v) is 49.5. The number of hydrogen-bond acceptors (Lipinski definition) is 12. The van der Waals surface area contributed by atoms with Gasteiger partial charge in [-0.1, -0.05) is 144 Å². The van der Waals surface area contributed by atoms with Crippen molar-refractivity contribution >= 4 is 122 Å². The average molecular weight is 1200 g/mol. The molecule has 16 heteroatoms. The highest BCUT2D eigenvalue weighted by Gasteiger charge is 2.59. The number of aromatic nitrogens is 4. The minimum Gasteiger partial charge on any atom is -0.227 e. The van der Waals surface area contributed by atoms with Crippen molar-refractivity contribution < 1.29 is 8.78 Å². The van der Waals surface area contributed by atoms with Crippen LogP contribution < -0.4 is 0 Å². The Morgan fingerprint density at radius 1 is 0.464 bits per heavy atom. The Bertz CT molecular complexity index is 4800. The molecule has 13 aromatic rings. The Labute approximate surface area is 504 Å². The predicted molar refractivity (Wildman–Crippen MR) is 340 cm³/mol. The van der Waals surface area contributed by atoms with Crippen LogP contribution in [0.15, 0.2) is 145 Å². The van der Waals surface area contributed by atoms with E-state index < -0.39 is 22.5 Å². The van der Waals surface area contributed by atoms with E-state index in [0.717, 1.165) is 119 Å². The minimum absolute atomic E-state index is 0.0594. The lowest BCUT2D eigenvalue weighted by Gasteiger charge is -2.36. The first-order valence-corrected chi connectivity index (χ1v) is 31.1. The molecule has 15 rings (SSSR count). The molecule has 0 fully saturated rings. The molecule has 0 bridgehead atoms. The van der Waals surface area contributed by atoms with Crippen molar-refractivity contribution in [3.63, 3.8) is 0 Å². The zero-order valence-electron chi connectivity index (χ0n) is 44.6. The van der Waals surface area contributed by atoms with Gasteiger partial charge in [0.2, 0.25) is 0 Å². The summed E-state index contributed by atoms with van der Waals surface area (Å²) in [4.78, 5) is 9.90. The van der Waals surface area contributed by atoms with Gasteiger partial charge in [-0.3, -0.25) is 0 Å². The van der Waals surface area contributed by atoms with Crippen LogP contribution in [0.1, 0.15) is 77.9 Å². The lowest BCUT2D eigenvalue weighted by molar-refractivity contribution is 0.559. The first kappa shape index (κ1) is 51.7. The topological polar surface area (TPSA) is 108 Å². The number of halogens is 2. The van der Waals surface area contributed by atoms with Gasteiger partial charge in [0.25, 0.3) is 11.4 Å². The van der Waals surface area contributed by atoms with E-state index in [1.807, 2.05) is 64.1 Å². The van der Waals surface area contributed by atoms with E-state index in [9.17, 15) is 10.5 Å². The highest BCUT2D eigenvalue weighted by molar-refractivity contribution is 7.32. The van der Waals surface area contributed by atoms with Gasteiger partial charge in [-0.2, -0.15) is 17.5 Å². The maximum atomic E-state index is 20.3. The molecule has 84 heavy (non-hydrogen) atoms. The van der Waals surface area contributed by atoms with Crippen molar-refractivity contribution in [1.29, 1.82) is 10.5 Å². The Hall–Kier alpha value is -9.20.